The quantitative estimate of drug-likeness (QED) is 0.817. The summed E-state index contributed by atoms with van der Waals surface area (Å²) in [4.78, 5) is 25.8. The summed E-state index contributed by atoms with van der Waals surface area (Å²) in [6, 6.07) is 0.111. The van der Waals surface area contributed by atoms with Crippen molar-refractivity contribution in [3.63, 3.8) is 0 Å². The molecular formula is C14H26N2O2. The van der Waals surface area contributed by atoms with Crippen molar-refractivity contribution in [1.82, 2.24) is 10.2 Å². The summed E-state index contributed by atoms with van der Waals surface area (Å²) in [6.07, 6.45) is 1.93. The molecule has 0 bridgehead atoms. The largest absolute Gasteiger partial charge is 0.351 e. The molecule has 18 heavy (non-hydrogen) atoms. The van der Waals surface area contributed by atoms with Gasteiger partial charge in [-0.15, -0.1) is 0 Å². The van der Waals surface area contributed by atoms with Crippen LogP contribution in [-0.2, 0) is 9.59 Å². The van der Waals surface area contributed by atoms with Gasteiger partial charge in [-0.05, 0) is 12.8 Å². The molecule has 0 radical (unpaired) electrons. The van der Waals surface area contributed by atoms with Gasteiger partial charge in [0.25, 0.3) is 0 Å². The van der Waals surface area contributed by atoms with Crippen LogP contribution < -0.4 is 5.32 Å². The second kappa shape index (κ2) is 5.72. The zero-order valence-corrected chi connectivity index (χ0v) is 12.2. The molecule has 1 aliphatic heterocycles. The van der Waals surface area contributed by atoms with Gasteiger partial charge in [-0.2, -0.15) is 0 Å². The van der Waals surface area contributed by atoms with Crippen molar-refractivity contribution >= 4 is 11.8 Å². The first kappa shape index (κ1) is 15.0. The van der Waals surface area contributed by atoms with E-state index in [0.29, 0.717) is 6.54 Å². The molecule has 0 aromatic rings. The summed E-state index contributed by atoms with van der Waals surface area (Å²) in [7, 11) is 0. The molecular weight excluding hydrogens is 228 g/mol. The van der Waals surface area contributed by atoms with E-state index in [9.17, 15) is 9.59 Å². The van der Waals surface area contributed by atoms with E-state index in [4.69, 9.17) is 0 Å². The Morgan fingerprint density at radius 3 is 2.39 bits per heavy atom. The van der Waals surface area contributed by atoms with Crippen molar-refractivity contribution in [1.29, 1.82) is 0 Å². The van der Waals surface area contributed by atoms with Crippen molar-refractivity contribution in [3.8, 4) is 0 Å². The van der Waals surface area contributed by atoms with Crippen molar-refractivity contribution < 1.29 is 9.59 Å². The Labute approximate surface area is 110 Å². The lowest BCUT2D eigenvalue weighted by molar-refractivity contribution is -0.141. The Bertz CT molecular complexity index is 318. The summed E-state index contributed by atoms with van der Waals surface area (Å²) in [6.45, 7) is 11.0. The molecule has 1 fully saturated rings. The highest BCUT2D eigenvalue weighted by Crippen LogP contribution is 2.21. The average molecular weight is 254 g/mol. The molecule has 1 atom stereocenters. The van der Waals surface area contributed by atoms with Gasteiger partial charge < -0.3 is 10.2 Å². The van der Waals surface area contributed by atoms with Crippen molar-refractivity contribution in [2.75, 3.05) is 13.1 Å². The van der Waals surface area contributed by atoms with E-state index in [1.807, 2.05) is 39.5 Å². The second-order valence-electron chi connectivity index (χ2n) is 6.50. The topological polar surface area (TPSA) is 49.4 Å². The predicted molar refractivity (Wildman–Crippen MR) is 72.0 cm³/mol. The molecule has 4 nitrogen and oxygen atoms in total. The van der Waals surface area contributed by atoms with Crippen LogP contribution in [0.25, 0.3) is 0 Å². The van der Waals surface area contributed by atoms with E-state index in [1.54, 1.807) is 0 Å². The lowest BCUT2D eigenvalue weighted by atomic mass is 9.93. The maximum Gasteiger partial charge on any atom is 0.228 e. The van der Waals surface area contributed by atoms with Crippen LogP contribution in [0.2, 0.25) is 0 Å². The van der Waals surface area contributed by atoms with Crippen molar-refractivity contribution in [3.05, 3.63) is 0 Å². The van der Waals surface area contributed by atoms with Crippen molar-refractivity contribution in [2.24, 2.45) is 11.3 Å². The highest BCUT2D eigenvalue weighted by atomic mass is 16.2. The number of rotatable bonds is 2. The summed E-state index contributed by atoms with van der Waals surface area (Å²) in [5.41, 5.74) is -0.343. The first-order chi connectivity index (χ1) is 8.21. The average Bonchev–Trinajstić information content (AvgIpc) is 2.27. The van der Waals surface area contributed by atoms with Crippen LogP contribution in [0, 0.1) is 11.3 Å². The number of hydrogen-bond donors (Lipinski definition) is 1. The van der Waals surface area contributed by atoms with Gasteiger partial charge >= 0.3 is 0 Å². The number of likely N-dealkylation sites (tertiary alicyclic amines) is 1. The van der Waals surface area contributed by atoms with Crippen LogP contribution in [-0.4, -0.2) is 35.8 Å². The maximum absolute atomic E-state index is 12.2. The SMILES string of the molecule is CC(C)C(=O)NC1CCCN(C(=O)C(C)(C)C)C1. The molecule has 1 aliphatic rings. The van der Waals surface area contributed by atoms with Crippen LogP contribution in [0.1, 0.15) is 47.5 Å². The monoisotopic (exact) mass is 254 g/mol. The number of hydrogen-bond acceptors (Lipinski definition) is 2. The van der Waals surface area contributed by atoms with Crippen LogP contribution in [0.3, 0.4) is 0 Å². The minimum absolute atomic E-state index is 0.00121. The molecule has 1 N–H and O–H groups in total. The van der Waals surface area contributed by atoms with E-state index in [-0.39, 0.29) is 29.2 Å². The molecule has 4 heteroatoms. The molecule has 1 unspecified atom stereocenters. The fraction of sp³-hybridized carbons (Fsp3) is 0.857. The van der Waals surface area contributed by atoms with Gasteiger partial charge in [0.15, 0.2) is 0 Å². The number of nitrogens with zero attached hydrogens (tertiary/aromatic N) is 1. The zero-order valence-electron chi connectivity index (χ0n) is 12.2. The van der Waals surface area contributed by atoms with Crippen LogP contribution in [0.4, 0.5) is 0 Å². The molecule has 1 rings (SSSR count). The third-order valence-electron chi connectivity index (χ3n) is 3.22. The van der Waals surface area contributed by atoms with Gasteiger partial charge in [0.1, 0.15) is 0 Å². The smallest absolute Gasteiger partial charge is 0.228 e. The Kier molecular flexibility index (Phi) is 4.77. The third kappa shape index (κ3) is 4.00. The number of nitrogens with one attached hydrogen (secondary N) is 1. The summed E-state index contributed by atoms with van der Waals surface area (Å²) >= 11 is 0. The van der Waals surface area contributed by atoms with E-state index >= 15 is 0 Å². The second-order valence-corrected chi connectivity index (χ2v) is 6.50. The van der Waals surface area contributed by atoms with E-state index in [0.717, 1.165) is 19.4 Å². The molecule has 0 saturated carbocycles. The Morgan fingerprint density at radius 2 is 1.89 bits per heavy atom. The Balaban J connectivity index is 2.56. The number of piperidine rings is 1. The van der Waals surface area contributed by atoms with Gasteiger partial charge in [-0.3, -0.25) is 9.59 Å². The van der Waals surface area contributed by atoms with E-state index in [1.165, 1.54) is 0 Å². The molecule has 2 amide bonds. The number of amides is 2. The highest BCUT2D eigenvalue weighted by Gasteiger charge is 2.31. The van der Waals surface area contributed by atoms with Gasteiger partial charge in [-0.25, -0.2) is 0 Å². The van der Waals surface area contributed by atoms with Crippen LogP contribution in [0.15, 0.2) is 0 Å². The molecule has 1 saturated heterocycles. The van der Waals surface area contributed by atoms with E-state index < -0.39 is 0 Å². The number of carbonyl (C=O) groups is 2. The highest BCUT2D eigenvalue weighted by molar-refractivity contribution is 5.82. The van der Waals surface area contributed by atoms with Gasteiger partial charge in [0.05, 0.1) is 0 Å². The van der Waals surface area contributed by atoms with Gasteiger partial charge in [0.2, 0.25) is 11.8 Å². The van der Waals surface area contributed by atoms with Crippen molar-refractivity contribution in [2.45, 2.75) is 53.5 Å². The number of carbonyl (C=O) groups excluding carboxylic acids is 2. The molecule has 0 aliphatic carbocycles. The fourth-order valence-corrected chi connectivity index (χ4v) is 2.12. The molecule has 1 heterocycles. The molecule has 0 spiro atoms. The fourth-order valence-electron chi connectivity index (χ4n) is 2.12. The lowest BCUT2D eigenvalue weighted by Gasteiger charge is -2.36. The first-order valence-electron chi connectivity index (χ1n) is 6.81. The van der Waals surface area contributed by atoms with Gasteiger partial charge in [0, 0.05) is 30.5 Å². The lowest BCUT2D eigenvalue weighted by Crippen LogP contribution is -2.52. The standard InChI is InChI=1S/C14H26N2O2/c1-10(2)12(17)15-11-7-6-8-16(9-11)13(18)14(3,4)5/h10-11H,6-9H2,1-5H3,(H,15,17). The Hall–Kier alpha value is -1.06. The first-order valence-corrected chi connectivity index (χ1v) is 6.81. The molecule has 104 valence electrons. The zero-order chi connectivity index (χ0) is 13.9. The molecule has 0 aromatic heterocycles. The summed E-state index contributed by atoms with van der Waals surface area (Å²) in [5, 5.41) is 3.02. The van der Waals surface area contributed by atoms with Crippen LogP contribution >= 0.6 is 0 Å². The third-order valence-corrected chi connectivity index (χ3v) is 3.22. The normalized spacial score (nSPS) is 21.0. The molecule has 0 aromatic carbocycles. The maximum atomic E-state index is 12.2. The minimum Gasteiger partial charge on any atom is -0.351 e. The minimum atomic E-state index is -0.343. The van der Waals surface area contributed by atoms with Crippen LogP contribution in [0.5, 0.6) is 0 Å². The predicted octanol–water partition coefficient (Wildman–Crippen LogP) is 1.80. The Morgan fingerprint density at radius 1 is 1.28 bits per heavy atom. The van der Waals surface area contributed by atoms with E-state index in [2.05, 4.69) is 5.32 Å². The van der Waals surface area contributed by atoms with Gasteiger partial charge in [-0.1, -0.05) is 34.6 Å². The summed E-state index contributed by atoms with van der Waals surface area (Å²) in [5.74, 6) is 0.245. The summed E-state index contributed by atoms with van der Waals surface area (Å²) < 4.78 is 0.